The lowest BCUT2D eigenvalue weighted by molar-refractivity contribution is 0.240. The molecule has 0 amide bonds. The van der Waals surface area contributed by atoms with Gasteiger partial charge in [-0.3, -0.25) is 0 Å². The molecule has 1 N–H and O–H groups in total. The lowest BCUT2D eigenvalue weighted by atomic mass is 10.0. The average molecular weight is 440 g/mol. The molecule has 2 rings (SSSR count). The van der Waals surface area contributed by atoms with Crippen LogP contribution in [0, 0.1) is 0 Å². The SMILES string of the molecule is CNCCC1CCCCN1S(=O)(=O)c1ccc(Br)cc1Br. The summed E-state index contributed by atoms with van der Waals surface area (Å²) in [7, 11) is -1.56. The number of sulfonamides is 1. The second-order valence-corrected chi connectivity index (χ2v) is 8.86. The third kappa shape index (κ3) is 4.07. The molecule has 118 valence electrons. The molecule has 1 fully saturated rings. The fraction of sp³-hybridized carbons (Fsp3) is 0.571. The Morgan fingerprint density at radius 2 is 2.10 bits per heavy atom. The maximum Gasteiger partial charge on any atom is 0.244 e. The van der Waals surface area contributed by atoms with Gasteiger partial charge in [0, 0.05) is 21.5 Å². The Balaban J connectivity index is 2.31. The van der Waals surface area contributed by atoms with E-state index >= 15 is 0 Å². The van der Waals surface area contributed by atoms with Crippen molar-refractivity contribution in [2.45, 2.75) is 36.6 Å². The maximum absolute atomic E-state index is 13.0. The van der Waals surface area contributed by atoms with Crippen LogP contribution in [0.3, 0.4) is 0 Å². The summed E-state index contributed by atoms with van der Waals surface area (Å²) in [5, 5.41) is 3.11. The van der Waals surface area contributed by atoms with Crippen LogP contribution in [0.1, 0.15) is 25.7 Å². The van der Waals surface area contributed by atoms with Crippen LogP contribution in [-0.2, 0) is 10.0 Å². The van der Waals surface area contributed by atoms with E-state index in [4.69, 9.17) is 0 Å². The van der Waals surface area contributed by atoms with Crippen LogP contribution < -0.4 is 5.32 Å². The molecular weight excluding hydrogens is 420 g/mol. The number of hydrogen-bond acceptors (Lipinski definition) is 3. The number of rotatable bonds is 5. The van der Waals surface area contributed by atoms with E-state index in [9.17, 15) is 8.42 Å². The summed E-state index contributed by atoms with van der Waals surface area (Å²) in [5.74, 6) is 0. The van der Waals surface area contributed by atoms with E-state index in [1.165, 1.54) is 0 Å². The van der Waals surface area contributed by atoms with Gasteiger partial charge >= 0.3 is 0 Å². The first-order valence-corrected chi connectivity index (χ1v) is 10.1. The number of halogens is 2. The fourth-order valence-corrected chi connectivity index (χ4v) is 6.13. The van der Waals surface area contributed by atoms with Gasteiger partial charge in [-0.1, -0.05) is 22.4 Å². The lowest BCUT2D eigenvalue weighted by Gasteiger charge is -2.35. The Labute approximate surface area is 143 Å². The molecule has 0 saturated carbocycles. The van der Waals surface area contributed by atoms with E-state index in [1.807, 2.05) is 7.05 Å². The number of nitrogens with zero attached hydrogens (tertiary/aromatic N) is 1. The molecule has 1 aromatic rings. The molecule has 1 aliphatic rings. The van der Waals surface area contributed by atoms with Crippen molar-refractivity contribution in [1.29, 1.82) is 0 Å². The van der Waals surface area contributed by atoms with Crippen LogP contribution in [0.15, 0.2) is 32.0 Å². The molecule has 1 aliphatic heterocycles. The van der Waals surface area contributed by atoms with E-state index in [-0.39, 0.29) is 6.04 Å². The van der Waals surface area contributed by atoms with Gasteiger partial charge in [0.2, 0.25) is 10.0 Å². The first-order chi connectivity index (χ1) is 9.96. The summed E-state index contributed by atoms with van der Waals surface area (Å²) in [5.41, 5.74) is 0. The van der Waals surface area contributed by atoms with Crippen molar-refractivity contribution in [3.05, 3.63) is 27.1 Å². The predicted molar refractivity (Wildman–Crippen MR) is 91.9 cm³/mol. The van der Waals surface area contributed by atoms with Gasteiger partial charge in [0.25, 0.3) is 0 Å². The van der Waals surface area contributed by atoms with Crippen LogP contribution >= 0.6 is 31.9 Å². The van der Waals surface area contributed by atoms with Gasteiger partial charge in [0.1, 0.15) is 0 Å². The molecule has 1 saturated heterocycles. The Morgan fingerprint density at radius 3 is 2.76 bits per heavy atom. The molecule has 7 heteroatoms. The number of benzene rings is 1. The largest absolute Gasteiger partial charge is 0.320 e. The molecule has 1 atom stereocenters. The van der Waals surface area contributed by atoms with Gasteiger partial charge in [-0.15, -0.1) is 0 Å². The minimum absolute atomic E-state index is 0.0896. The van der Waals surface area contributed by atoms with Crippen LogP contribution in [0.5, 0.6) is 0 Å². The zero-order valence-electron chi connectivity index (χ0n) is 12.0. The third-order valence-electron chi connectivity index (χ3n) is 3.78. The van der Waals surface area contributed by atoms with Crippen molar-refractivity contribution >= 4 is 41.9 Å². The Bertz CT molecular complexity index is 593. The minimum atomic E-state index is -3.45. The molecule has 0 aromatic heterocycles. The topological polar surface area (TPSA) is 49.4 Å². The normalized spacial score (nSPS) is 20.6. The van der Waals surface area contributed by atoms with Gasteiger partial charge in [0.05, 0.1) is 4.90 Å². The second kappa shape index (κ2) is 7.55. The van der Waals surface area contributed by atoms with Crippen LogP contribution in [-0.4, -0.2) is 38.9 Å². The minimum Gasteiger partial charge on any atom is -0.320 e. The van der Waals surface area contributed by atoms with Crippen molar-refractivity contribution < 1.29 is 8.42 Å². The molecule has 0 aliphatic carbocycles. The van der Waals surface area contributed by atoms with E-state index in [2.05, 4.69) is 37.2 Å². The van der Waals surface area contributed by atoms with Gasteiger partial charge in [-0.05, 0) is 67.0 Å². The van der Waals surface area contributed by atoms with Crippen molar-refractivity contribution in [2.75, 3.05) is 20.1 Å². The predicted octanol–water partition coefficient (Wildman–Crippen LogP) is 3.36. The zero-order chi connectivity index (χ0) is 15.5. The molecule has 0 radical (unpaired) electrons. The highest BCUT2D eigenvalue weighted by molar-refractivity contribution is 9.11. The molecule has 4 nitrogen and oxygen atoms in total. The summed E-state index contributed by atoms with van der Waals surface area (Å²) in [6, 6.07) is 5.29. The van der Waals surface area contributed by atoms with E-state index < -0.39 is 10.0 Å². The first kappa shape index (κ1) is 17.4. The van der Waals surface area contributed by atoms with Gasteiger partial charge in [0.15, 0.2) is 0 Å². The highest BCUT2D eigenvalue weighted by Crippen LogP contribution is 2.32. The first-order valence-electron chi connectivity index (χ1n) is 7.08. The molecule has 1 unspecified atom stereocenters. The van der Waals surface area contributed by atoms with Crippen molar-refractivity contribution in [3.63, 3.8) is 0 Å². The number of hydrogen-bond donors (Lipinski definition) is 1. The maximum atomic E-state index is 13.0. The number of nitrogens with one attached hydrogen (secondary N) is 1. The van der Waals surface area contributed by atoms with Crippen molar-refractivity contribution in [2.24, 2.45) is 0 Å². The third-order valence-corrected chi connectivity index (χ3v) is 7.20. The van der Waals surface area contributed by atoms with Crippen molar-refractivity contribution in [1.82, 2.24) is 9.62 Å². The van der Waals surface area contributed by atoms with E-state index in [1.54, 1.807) is 22.5 Å². The highest BCUT2D eigenvalue weighted by atomic mass is 79.9. The molecular formula is C14H20Br2N2O2S. The number of piperidine rings is 1. The van der Waals surface area contributed by atoms with E-state index in [0.717, 1.165) is 36.7 Å². The van der Waals surface area contributed by atoms with Gasteiger partial charge in [-0.25, -0.2) is 8.42 Å². The molecule has 0 spiro atoms. The van der Waals surface area contributed by atoms with E-state index in [0.29, 0.717) is 15.9 Å². The highest BCUT2D eigenvalue weighted by Gasteiger charge is 2.34. The van der Waals surface area contributed by atoms with Gasteiger partial charge < -0.3 is 5.32 Å². The zero-order valence-corrected chi connectivity index (χ0v) is 16.0. The summed E-state index contributed by atoms with van der Waals surface area (Å²) in [6.45, 7) is 1.44. The lowest BCUT2D eigenvalue weighted by Crippen LogP contribution is -2.44. The van der Waals surface area contributed by atoms with Crippen LogP contribution in [0.25, 0.3) is 0 Å². The second-order valence-electron chi connectivity index (χ2n) is 5.23. The smallest absolute Gasteiger partial charge is 0.244 e. The summed E-state index contributed by atoms with van der Waals surface area (Å²) >= 11 is 6.73. The summed E-state index contributed by atoms with van der Waals surface area (Å²) in [6.07, 6.45) is 3.82. The Morgan fingerprint density at radius 1 is 1.33 bits per heavy atom. The summed E-state index contributed by atoms with van der Waals surface area (Å²) < 4.78 is 29.1. The molecule has 1 aromatic carbocycles. The standard InChI is InChI=1S/C14H20Br2N2O2S/c1-17-8-7-12-4-2-3-9-18(12)21(19,20)14-6-5-11(15)10-13(14)16/h5-6,10,12,17H,2-4,7-9H2,1H3. The Kier molecular flexibility index (Phi) is 6.25. The van der Waals surface area contributed by atoms with Crippen LogP contribution in [0.2, 0.25) is 0 Å². The molecule has 0 bridgehead atoms. The summed E-state index contributed by atoms with van der Waals surface area (Å²) in [4.78, 5) is 0.349. The quantitative estimate of drug-likeness (QED) is 0.765. The van der Waals surface area contributed by atoms with Gasteiger partial charge in [-0.2, -0.15) is 4.31 Å². The fourth-order valence-electron chi connectivity index (χ4n) is 2.70. The average Bonchev–Trinajstić information content (AvgIpc) is 2.45. The molecule has 1 heterocycles. The Hall–Kier alpha value is 0.0500. The van der Waals surface area contributed by atoms with Crippen LogP contribution in [0.4, 0.5) is 0 Å². The molecule has 21 heavy (non-hydrogen) atoms. The van der Waals surface area contributed by atoms with Crippen molar-refractivity contribution in [3.8, 4) is 0 Å². The monoisotopic (exact) mass is 438 g/mol.